The van der Waals surface area contributed by atoms with Crippen LogP contribution in [0.15, 0.2) is 0 Å². The number of aromatic nitrogens is 4. The molecule has 0 aliphatic carbocycles. The van der Waals surface area contributed by atoms with Gasteiger partial charge in [0.1, 0.15) is 0 Å². The summed E-state index contributed by atoms with van der Waals surface area (Å²) in [6.45, 7) is 41.1. The molecule has 4 heteroatoms. The molecule has 0 amide bonds. The molecular formula is C40H54N4. The number of benzene rings is 3. The van der Waals surface area contributed by atoms with E-state index in [1.165, 1.54) is 99.7 Å². The van der Waals surface area contributed by atoms with Gasteiger partial charge in [-0.15, -0.1) is 0 Å². The van der Waals surface area contributed by atoms with E-state index in [0.29, 0.717) is 0 Å². The number of aryl methyl sites for hydroxylation is 6. The van der Waals surface area contributed by atoms with Crippen molar-refractivity contribution in [3.63, 3.8) is 0 Å². The Morgan fingerprint density at radius 2 is 0.591 bits per heavy atom. The van der Waals surface area contributed by atoms with Gasteiger partial charge in [-0.05, 0) is 203 Å². The Kier molecular flexibility index (Phi) is 7.31. The Morgan fingerprint density at radius 3 is 0.864 bits per heavy atom. The van der Waals surface area contributed by atoms with Crippen LogP contribution in [0.3, 0.4) is 0 Å². The van der Waals surface area contributed by atoms with E-state index in [9.17, 15) is 0 Å². The van der Waals surface area contributed by atoms with Crippen LogP contribution in [0, 0.1) is 96.9 Å². The van der Waals surface area contributed by atoms with Crippen molar-refractivity contribution in [2.45, 2.75) is 136 Å². The molecule has 0 saturated heterocycles. The van der Waals surface area contributed by atoms with Gasteiger partial charge in [0.05, 0.1) is 33.5 Å². The molecule has 0 aliphatic rings. The first-order valence-electron chi connectivity index (χ1n) is 16.2. The average Bonchev–Trinajstić information content (AvgIpc) is 3.49. The first-order chi connectivity index (χ1) is 20.2. The second-order valence-electron chi connectivity index (χ2n) is 14.8. The highest BCUT2D eigenvalue weighted by Crippen LogP contribution is 2.44. The minimum atomic E-state index is -0.352. The molecule has 5 aromatic rings. The Bertz CT molecular complexity index is 1860. The normalized spacial score (nSPS) is 12.8. The van der Waals surface area contributed by atoms with Crippen molar-refractivity contribution in [2.75, 3.05) is 0 Å². The first kappa shape index (κ1) is 32.0. The molecule has 5 rings (SSSR count). The third kappa shape index (κ3) is 4.01. The maximum absolute atomic E-state index is 5.27. The fraction of sp³-hybridized carbons (Fsp3) is 0.500. The van der Waals surface area contributed by atoms with Gasteiger partial charge in [0.2, 0.25) is 0 Å². The standard InChI is InChI=1S/C40H54N4/c1-19-21(3)29(11)37-33(23(19)5)31(13)41-43(37)39(15,16)35-25(7)27(9)36(28(10)26(35)8)40(17,18)44-38-30(12)22(4)20(2)24(6)34(38)32(14)42-44/h1-18H3. The fourth-order valence-electron chi connectivity index (χ4n) is 8.67. The van der Waals surface area contributed by atoms with Crippen molar-refractivity contribution in [1.82, 2.24) is 19.6 Å². The summed E-state index contributed by atoms with van der Waals surface area (Å²) >= 11 is 0. The molecule has 234 valence electrons. The van der Waals surface area contributed by atoms with Crippen molar-refractivity contribution in [1.29, 1.82) is 0 Å². The van der Waals surface area contributed by atoms with Gasteiger partial charge in [0.25, 0.3) is 0 Å². The van der Waals surface area contributed by atoms with Crippen LogP contribution in [0.2, 0.25) is 0 Å². The van der Waals surface area contributed by atoms with Crippen LogP contribution < -0.4 is 0 Å². The molecule has 4 nitrogen and oxygen atoms in total. The van der Waals surface area contributed by atoms with Crippen LogP contribution >= 0.6 is 0 Å². The van der Waals surface area contributed by atoms with Crippen molar-refractivity contribution in [3.05, 3.63) is 89.3 Å². The zero-order valence-electron chi connectivity index (χ0n) is 30.8. The fourth-order valence-corrected chi connectivity index (χ4v) is 8.67. The van der Waals surface area contributed by atoms with Gasteiger partial charge in [-0.25, -0.2) is 0 Å². The Hall–Kier alpha value is -3.40. The third-order valence-corrected chi connectivity index (χ3v) is 11.9. The molecule has 0 bridgehead atoms. The van der Waals surface area contributed by atoms with Crippen molar-refractivity contribution < 1.29 is 0 Å². The second-order valence-corrected chi connectivity index (χ2v) is 14.8. The first-order valence-corrected chi connectivity index (χ1v) is 16.2. The molecule has 2 heterocycles. The predicted molar refractivity (Wildman–Crippen MR) is 189 cm³/mol. The number of nitrogens with zero attached hydrogens (tertiary/aromatic N) is 4. The van der Waals surface area contributed by atoms with E-state index in [4.69, 9.17) is 10.2 Å². The van der Waals surface area contributed by atoms with Crippen molar-refractivity contribution >= 4 is 21.8 Å². The predicted octanol–water partition coefficient (Wildman–Crippen LogP) is 10.3. The zero-order valence-corrected chi connectivity index (χ0v) is 30.8. The minimum Gasteiger partial charge on any atom is -0.254 e. The third-order valence-electron chi connectivity index (χ3n) is 11.9. The molecule has 0 atom stereocenters. The lowest BCUT2D eigenvalue weighted by atomic mass is 9.76. The summed E-state index contributed by atoms with van der Waals surface area (Å²) in [5.74, 6) is 0. The molecule has 0 unspecified atom stereocenters. The summed E-state index contributed by atoms with van der Waals surface area (Å²) in [6, 6.07) is 0. The molecule has 0 radical (unpaired) electrons. The van der Waals surface area contributed by atoms with Gasteiger partial charge in [-0.2, -0.15) is 10.2 Å². The lowest BCUT2D eigenvalue weighted by Gasteiger charge is -2.37. The van der Waals surface area contributed by atoms with Crippen LogP contribution in [-0.4, -0.2) is 19.6 Å². The molecule has 44 heavy (non-hydrogen) atoms. The maximum Gasteiger partial charge on any atom is 0.0832 e. The minimum absolute atomic E-state index is 0.352. The summed E-state index contributed by atoms with van der Waals surface area (Å²) in [6.07, 6.45) is 0. The lowest BCUT2D eigenvalue weighted by Crippen LogP contribution is -2.35. The molecule has 3 aromatic carbocycles. The number of rotatable bonds is 4. The molecule has 2 aromatic heterocycles. The van der Waals surface area contributed by atoms with Crippen molar-refractivity contribution in [2.24, 2.45) is 0 Å². The van der Waals surface area contributed by atoms with E-state index in [0.717, 1.165) is 11.4 Å². The van der Waals surface area contributed by atoms with Crippen LogP contribution in [-0.2, 0) is 11.1 Å². The number of hydrogen-bond donors (Lipinski definition) is 0. The summed E-state index contributed by atoms with van der Waals surface area (Å²) in [5.41, 5.74) is 23.0. The summed E-state index contributed by atoms with van der Waals surface area (Å²) in [7, 11) is 0. The highest BCUT2D eigenvalue weighted by molar-refractivity contribution is 5.91. The highest BCUT2D eigenvalue weighted by atomic mass is 15.3. The van der Waals surface area contributed by atoms with Gasteiger partial charge in [0, 0.05) is 10.8 Å². The molecule has 0 spiro atoms. The quantitative estimate of drug-likeness (QED) is 0.209. The van der Waals surface area contributed by atoms with Crippen LogP contribution in [0.5, 0.6) is 0 Å². The van der Waals surface area contributed by atoms with Gasteiger partial charge >= 0.3 is 0 Å². The summed E-state index contributed by atoms with van der Waals surface area (Å²) < 4.78 is 4.65. The monoisotopic (exact) mass is 590 g/mol. The second kappa shape index (κ2) is 10.1. The molecule has 0 saturated carbocycles. The van der Waals surface area contributed by atoms with Crippen LogP contribution in [0.1, 0.15) is 117 Å². The summed E-state index contributed by atoms with van der Waals surface area (Å²) in [4.78, 5) is 0. The smallest absolute Gasteiger partial charge is 0.0832 e. The average molecular weight is 591 g/mol. The summed E-state index contributed by atoms with van der Waals surface area (Å²) in [5, 5.41) is 13.2. The van der Waals surface area contributed by atoms with Crippen LogP contribution in [0.4, 0.5) is 0 Å². The topological polar surface area (TPSA) is 35.6 Å². The lowest BCUT2D eigenvalue weighted by molar-refractivity contribution is 0.387. The molecule has 0 fully saturated rings. The number of hydrogen-bond acceptors (Lipinski definition) is 2. The Balaban J connectivity index is 1.81. The molecule has 0 aliphatic heterocycles. The van der Waals surface area contributed by atoms with Crippen LogP contribution in [0.25, 0.3) is 21.8 Å². The largest absolute Gasteiger partial charge is 0.254 e. The SMILES string of the molecule is Cc1c(C)c(C(C)(C)n2nc(C)c3c(C)c(C)c(C)c(C)c32)c(C)c(C)c1C(C)(C)n1nc(C)c2c(C)c(C)c(C)c(C)c21. The van der Waals surface area contributed by atoms with E-state index in [1.54, 1.807) is 0 Å². The Morgan fingerprint density at radius 1 is 0.341 bits per heavy atom. The van der Waals surface area contributed by atoms with E-state index >= 15 is 0 Å². The maximum atomic E-state index is 5.27. The molecule has 0 N–H and O–H groups in total. The van der Waals surface area contributed by atoms with Gasteiger partial charge in [0.15, 0.2) is 0 Å². The van der Waals surface area contributed by atoms with E-state index in [1.807, 2.05) is 0 Å². The zero-order chi connectivity index (χ0) is 33.1. The van der Waals surface area contributed by atoms with Gasteiger partial charge in [-0.3, -0.25) is 9.36 Å². The highest BCUT2D eigenvalue weighted by Gasteiger charge is 2.37. The van der Waals surface area contributed by atoms with E-state index in [-0.39, 0.29) is 11.1 Å². The van der Waals surface area contributed by atoms with Crippen molar-refractivity contribution in [3.8, 4) is 0 Å². The molecular weight excluding hydrogens is 536 g/mol. The van der Waals surface area contributed by atoms with E-state index in [2.05, 4.69) is 134 Å². The Labute approximate surface area is 265 Å². The van der Waals surface area contributed by atoms with E-state index < -0.39 is 0 Å². The number of fused-ring (bicyclic) bond motifs is 2. The van der Waals surface area contributed by atoms with Gasteiger partial charge in [-0.1, -0.05) is 0 Å². The van der Waals surface area contributed by atoms with Gasteiger partial charge < -0.3 is 0 Å².